The Morgan fingerprint density at radius 1 is 1.05 bits per heavy atom. The molecule has 19 heavy (non-hydrogen) atoms. The lowest BCUT2D eigenvalue weighted by atomic mass is 9.88. The molecule has 0 aliphatic carbocycles. The SMILES string of the molecule is CCCCCCCCCCNC(=O)C(C)(C#N)CC. The van der Waals surface area contributed by atoms with Crippen molar-refractivity contribution in [2.75, 3.05) is 6.54 Å². The number of nitriles is 1. The first-order valence-electron chi connectivity index (χ1n) is 7.80. The van der Waals surface area contributed by atoms with E-state index < -0.39 is 5.41 Å². The summed E-state index contributed by atoms with van der Waals surface area (Å²) in [6.07, 6.45) is 10.6. The first kappa shape index (κ1) is 18.0. The second-order valence-corrected chi connectivity index (χ2v) is 5.53. The van der Waals surface area contributed by atoms with Crippen LogP contribution in [0.15, 0.2) is 0 Å². The molecule has 0 aromatic rings. The molecule has 0 spiro atoms. The normalized spacial score (nSPS) is 13.6. The lowest BCUT2D eigenvalue weighted by Gasteiger charge is -2.18. The predicted octanol–water partition coefficient (Wildman–Crippen LogP) is 4.18. The number of hydrogen-bond acceptors (Lipinski definition) is 2. The van der Waals surface area contributed by atoms with E-state index in [1.54, 1.807) is 6.92 Å². The van der Waals surface area contributed by atoms with Crippen molar-refractivity contribution in [1.82, 2.24) is 5.32 Å². The van der Waals surface area contributed by atoms with Crippen LogP contribution in [0.5, 0.6) is 0 Å². The summed E-state index contributed by atoms with van der Waals surface area (Å²) in [7, 11) is 0. The number of hydrogen-bond donors (Lipinski definition) is 1. The number of nitrogens with zero attached hydrogens (tertiary/aromatic N) is 1. The van der Waals surface area contributed by atoms with Crippen LogP contribution in [0.3, 0.4) is 0 Å². The number of nitrogens with one attached hydrogen (secondary N) is 1. The lowest BCUT2D eigenvalue weighted by Crippen LogP contribution is -2.38. The van der Waals surface area contributed by atoms with E-state index in [4.69, 9.17) is 5.26 Å². The second kappa shape index (κ2) is 10.8. The van der Waals surface area contributed by atoms with E-state index in [2.05, 4.69) is 18.3 Å². The van der Waals surface area contributed by atoms with Crippen molar-refractivity contribution < 1.29 is 4.79 Å². The van der Waals surface area contributed by atoms with Crippen molar-refractivity contribution in [2.24, 2.45) is 5.41 Å². The Kier molecular flexibility index (Phi) is 10.2. The fourth-order valence-electron chi connectivity index (χ4n) is 1.95. The summed E-state index contributed by atoms with van der Waals surface area (Å²) in [5, 5.41) is 11.9. The smallest absolute Gasteiger partial charge is 0.240 e. The topological polar surface area (TPSA) is 52.9 Å². The zero-order chi connectivity index (χ0) is 14.6. The Balaban J connectivity index is 3.50. The van der Waals surface area contributed by atoms with Gasteiger partial charge in [0.1, 0.15) is 5.41 Å². The Hall–Kier alpha value is -1.04. The zero-order valence-corrected chi connectivity index (χ0v) is 12.9. The van der Waals surface area contributed by atoms with Gasteiger partial charge in [-0.05, 0) is 19.8 Å². The first-order valence-corrected chi connectivity index (χ1v) is 7.80. The van der Waals surface area contributed by atoms with E-state index in [0.29, 0.717) is 13.0 Å². The van der Waals surface area contributed by atoms with Crippen molar-refractivity contribution in [2.45, 2.75) is 78.6 Å². The van der Waals surface area contributed by atoms with E-state index in [1.165, 1.54) is 44.9 Å². The highest BCUT2D eigenvalue weighted by Gasteiger charge is 2.30. The lowest BCUT2D eigenvalue weighted by molar-refractivity contribution is -0.127. The molecule has 0 bridgehead atoms. The predicted molar refractivity (Wildman–Crippen MR) is 79.6 cm³/mol. The summed E-state index contributed by atoms with van der Waals surface area (Å²) >= 11 is 0. The third kappa shape index (κ3) is 7.87. The molecular weight excluding hydrogens is 236 g/mol. The van der Waals surface area contributed by atoms with Crippen molar-refractivity contribution in [3.63, 3.8) is 0 Å². The van der Waals surface area contributed by atoms with Crippen molar-refractivity contribution in [3.8, 4) is 6.07 Å². The first-order chi connectivity index (χ1) is 9.10. The van der Waals surface area contributed by atoms with Crippen LogP contribution in [0.2, 0.25) is 0 Å². The largest absolute Gasteiger partial charge is 0.355 e. The molecular formula is C16H30N2O. The summed E-state index contributed by atoms with van der Waals surface area (Å²) in [6.45, 7) is 6.51. The van der Waals surface area contributed by atoms with Crippen LogP contribution >= 0.6 is 0 Å². The molecule has 1 N–H and O–H groups in total. The Bertz CT molecular complexity index is 283. The van der Waals surface area contributed by atoms with Crippen LogP contribution in [0, 0.1) is 16.7 Å². The van der Waals surface area contributed by atoms with Gasteiger partial charge in [0.25, 0.3) is 0 Å². The maximum atomic E-state index is 11.8. The van der Waals surface area contributed by atoms with E-state index in [-0.39, 0.29) is 5.91 Å². The molecule has 110 valence electrons. The van der Waals surface area contributed by atoms with Crippen LogP contribution in [0.25, 0.3) is 0 Å². The van der Waals surface area contributed by atoms with Crippen LogP contribution in [-0.4, -0.2) is 12.5 Å². The summed E-state index contributed by atoms with van der Waals surface area (Å²) in [6, 6.07) is 2.10. The van der Waals surface area contributed by atoms with Gasteiger partial charge >= 0.3 is 0 Å². The van der Waals surface area contributed by atoms with E-state index in [1.807, 2.05) is 6.92 Å². The summed E-state index contributed by atoms with van der Waals surface area (Å²) in [5.41, 5.74) is -0.861. The van der Waals surface area contributed by atoms with Crippen LogP contribution in [0.4, 0.5) is 0 Å². The summed E-state index contributed by atoms with van der Waals surface area (Å²) < 4.78 is 0. The average molecular weight is 266 g/mol. The molecule has 0 aromatic carbocycles. The van der Waals surface area contributed by atoms with Gasteiger partial charge in [0.2, 0.25) is 5.91 Å². The molecule has 3 heteroatoms. The Morgan fingerprint density at radius 2 is 1.58 bits per heavy atom. The number of carbonyl (C=O) groups excluding carboxylic acids is 1. The number of carbonyl (C=O) groups is 1. The quantitative estimate of drug-likeness (QED) is 0.570. The third-order valence-corrected chi connectivity index (χ3v) is 3.77. The van der Waals surface area contributed by atoms with Gasteiger partial charge in [-0.3, -0.25) is 4.79 Å². The standard InChI is InChI=1S/C16H30N2O/c1-4-6-7-8-9-10-11-12-13-18-15(19)16(3,5-2)14-17/h4-13H2,1-3H3,(H,18,19). The highest BCUT2D eigenvalue weighted by atomic mass is 16.2. The number of rotatable bonds is 11. The molecule has 0 saturated heterocycles. The van der Waals surface area contributed by atoms with Crippen LogP contribution in [0.1, 0.15) is 78.6 Å². The minimum Gasteiger partial charge on any atom is -0.355 e. The summed E-state index contributed by atoms with van der Waals surface area (Å²) in [5.74, 6) is -0.125. The number of unbranched alkanes of at least 4 members (excludes halogenated alkanes) is 7. The molecule has 0 aliphatic rings. The highest BCUT2D eigenvalue weighted by molar-refractivity contribution is 5.84. The van der Waals surface area contributed by atoms with Crippen molar-refractivity contribution >= 4 is 5.91 Å². The fraction of sp³-hybridized carbons (Fsp3) is 0.875. The molecule has 0 saturated carbocycles. The van der Waals surface area contributed by atoms with Gasteiger partial charge in [-0.25, -0.2) is 0 Å². The van der Waals surface area contributed by atoms with E-state index >= 15 is 0 Å². The van der Waals surface area contributed by atoms with Gasteiger partial charge < -0.3 is 5.32 Å². The molecule has 1 atom stereocenters. The second-order valence-electron chi connectivity index (χ2n) is 5.53. The highest BCUT2D eigenvalue weighted by Crippen LogP contribution is 2.19. The van der Waals surface area contributed by atoms with Crippen molar-refractivity contribution in [3.05, 3.63) is 0 Å². The molecule has 0 rings (SSSR count). The van der Waals surface area contributed by atoms with Gasteiger partial charge in [-0.1, -0.05) is 58.8 Å². The van der Waals surface area contributed by atoms with Crippen molar-refractivity contribution in [1.29, 1.82) is 5.26 Å². The van der Waals surface area contributed by atoms with E-state index in [9.17, 15) is 4.79 Å². The Labute approximate surface area is 118 Å². The molecule has 1 amide bonds. The molecule has 0 aromatic heterocycles. The monoisotopic (exact) mass is 266 g/mol. The van der Waals surface area contributed by atoms with Gasteiger partial charge in [0.15, 0.2) is 0 Å². The number of amides is 1. The fourth-order valence-corrected chi connectivity index (χ4v) is 1.95. The summed E-state index contributed by atoms with van der Waals surface area (Å²) in [4.78, 5) is 11.8. The van der Waals surface area contributed by atoms with Crippen LogP contribution in [-0.2, 0) is 4.79 Å². The maximum Gasteiger partial charge on any atom is 0.240 e. The maximum absolute atomic E-state index is 11.8. The average Bonchev–Trinajstić information content (AvgIpc) is 2.44. The molecule has 1 unspecified atom stereocenters. The van der Waals surface area contributed by atoms with Crippen LogP contribution < -0.4 is 5.32 Å². The molecule has 0 heterocycles. The minimum absolute atomic E-state index is 0.125. The molecule has 3 nitrogen and oxygen atoms in total. The molecule has 0 fully saturated rings. The van der Waals surface area contributed by atoms with Gasteiger partial charge in [-0.2, -0.15) is 5.26 Å². The molecule has 0 aliphatic heterocycles. The van der Waals surface area contributed by atoms with E-state index in [0.717, 1.165) is 6.42 Å². The third-order valence-electron chi connectivity index (χ3n) is 3.77. The van der Waals surface area contributed by atoms with Gasteiger partial charge in [0, 0.05) is 6.54 Å². The zero-order valence-electron chi connectivity index (χ0n) is 12.9. The Morgan fingerprint density at radius 3 is 2.05 bits per heavy atom. The minimum atomic E-state index is -0.861. The molecule has 0 radical (unpaired) electrons. The van der Waals surface area contributed by atoms with Gasteiger partial charge in [0.05, 0.1) is 6.07 Å². The van der Waals surface area contributed by atoms with Gasteiger partial charge in [-0.15, -0.1) is 0 Å².